The summed E-state index contributed by atoms with van der Waals surface area (Å²) in [5, 5.41) is 5.93. The van der Waals surface area contributed by atoms with Crippen molar-refractivity contribution in [3.05, 3.63) is 24.2 Å². The van der Waals surface area contributed by atoms with Crippen LogP contribution in [-0.2, 0) is 16.0 Å². The molecule has 6 nitrogen and oxygen atoms in total. The van der Waals surface area contributed by atoms with Crippen LogP contribution < -0.4 is 10.6 Å². The summed E-state index contributed by atoms with van der Waals surface area (Å²) >= 11 is 0. The van der Waals surface area contributed by atoms with E-state index in [-0.39, 0.29) is 11.8 Å². The average molecular weight is 279 g/mol. The first-order chi connectivity index (χ1) is 9.72. The minimum atomic E-state index is -0.409. The van der Waals surface area contributed by atoms with Crippen LogP contribution in [0.5, 0.6) is 0 Å². The van der Waals surface area contributed by atoms with Gasteiger partial charge in [0.25, 0.3) is 0 Å². The fourth-order valence-electron chi connectivity index (χ4n) is 2.36. The van der Waals surface area contributed by atoms with E-state index in [1.807, 2.05) is 19.1 Å². The monoisotopic (exact) mass is 279 g/mol. The summed E-state index contributed by atoms with van der Waals surface area (Å²) in [6.07, 6.45) is 2.53. The number of furan rings is 1. The van der Waals surface area contributed by atoms with Crippen molar-refractivity contribution in [2.45, 2.75) is 25.8 Å². The molecular formula is C14H21N3O3. The van der Waals surface area contributed by atoms with Gasteiger partial charge in [-0.3, -0.25) is 9.59 Å². The Morgan fingerprint density at radius 1 is 1.55 bits per heavy atom. The van der Waals surface area contributed by atoms with Crippen molar-refractivity contribution < 1.29 is 14.0 Å². The van der Waals surface area contributed by atoms with Crippen molar-refractivity contribution in [2.24, 2.45) is 0 Å². The third-order valence-corrected chi connectivity index (χ3v) is 3.38. The van der Waals surface area contributed by atoms with Crippen molar-refractivity contribution >= 4 is 11.8 Å². The molecule has 1 aliphatic rings. The summed E-state index contributed by atoms with van der Waals surface area (Å²) in [5.74, 6) is 0.702. The van der Waals surface area contributed by atoms with Crippen LogP contribution in [0.3, 0.4) is 0 Å². The van der Waals surface area contributed by atoms with Crippen molar-refractivity contribution in [3.8, 4) is 0 Å². The molecule has 1 aliphatic heterocycles. The molecule has 0 saturated carbocycles. The van der Waals surface area contributed by atoms with Crippen LogP contribution in [0.25, 0.3) is 0 Å². The van der Waals surface area contributed by atoms with Gasteiger partial charge in [0.1, 0.15) is 11.8 Å². The molecule has 1 atom stereocenters. The molecule has 1 saturated heterocycles. The number of carbonyl (C=O) groups is 2. The summed E-state index contributed by atoms with van der Waals surface area (Å²) in [7, 11) is 0. The summed E-state index contributed by atoms with van der Waals surface area (Å²) in [6, 6.07) is 3.25. The van der Waals surface area contributed by atoms with E-state index in [4.69, 9.17) is 4.42 Å². The van der Waals surface area contributed by atoms with Crippen LogP contribution in [0.15, 0.2) is 22.8 Å². The van der Waals surface area contributed by atoms with E-state index >= 15 is 0 Å². The first-order valence-corrected chi connectivity index (χ1v) is 7.02. The Morgan fingerprint density at radius 2 is 2.40 bits per heavy atom. The number of rotatable bonds is 5. The highest BCUT2D eigenvalue weighted by molar-refractivity contribution is 5.88. The van der Waals surface area contributed by atoms with E-state index < -0.39 is 6.04 Å². The highest BCUT2D eigenvalue weighted by Gasteiger charge is 2.31. The molecular weight excluding hydrogens is 258 g/mol. The quantitative estimate of drug-likeness (QED) is 0.804. The molecule has 0 spiro atoms. The van der Waals surface area contributed by atoms with Crippen molar-refractivity contribution in [1.29, 1.82) is 0 Å². The Labute approximate surface area is 118 Å². The summed E-state index contributed by atoms with van der Waals surface area (Å²) < 4.78 is 5.22. The zero-order valence-corrected chi connectivity index (χ0v) is 11.7. The minimum absolute atomic E-state index is 0.000784. The zero-order valence-electron chi connectivity index (χ0n) is 11.7. The molecule has 0 aliphatic carbocycles. The molecule has 6 heteroatoms. The number of aryl methyl sites for hydroxylation is 1. The summed E-state index contributed by atoms with van der Waals surface area (Å²) in [5.41, 5.74) is 0. The zero-order chi connectivity index (χ0) is 14.4. The lowest BCUT2D eigenvalue weighted by Crippen LogP contribution is -2.59. The molecule has 1 aromatic heterocycles. The predicted molar refractivity (Wildman–Crippen MR) is 74.1 cm³/mol. The molecule has 0 bridgehead atoms. The highest BCUT2D eigenvalue weighted by atomic mass is 16.3. The van der Waals surface area contributed by atoms with E-state index in [0.29, 0.717) is 32.5 Å². The Bertz CT molecular complexity index is 445. The topological polar surface area (TPSA) is 74.6 Å². The number of hydrogen-bond acceptors (Lipinski definition) is 4. The summed E-state index contributed by atoms with van der Waals surface area (Å²) in [4.78, 5) is 25.9. The molecule has 20 heavy (non-hydrogen) atoms. The largest absolute Gasteiger partial charge is 0.469 e. The Hall–Kier alpha value is -1.82. The Kier molecular flexibility index (Phi) is 5.17. The van der Waals surface area contributed by atoms with Gasteiger partial charge in [-0.2, -0.15) is 0 Å². The first kappa shape index (κ1) is 14.6. The maximum absolute atomic E-state index is 12.3. The van der Waals surface area contributed by atoms with Crippen molar-refractivity contribution in [2.75, 3.05) is 26.2 Å². The van der Waals surface area contributed by atoms with E-state index in [9.17, 15) is 9.59 Å². The van der Waals surface area contributed by atoms with E-state index in [2.05, 4.69) is 10.6 Å². The van der Waals surface area contributed by atoms with Crippen LogP contribution >= 0.6 is 0 Å². The second-order valence-corrected chi connectivity index (χ2v) is 4.78. The number of nitrogens with zero attached hydrogens (tertiary/aromatic N) is 1. The van der Waals surface area contributed by atoms with Gasteiger partial charge in [-0.1, -0.05) is 0 Å². The van der Waals surface area contributed by atoms with Crippen LogP contribution in [0, 0.1) is 0 Å². The Morgan fingerprint density at radius 3 is 3.10 bits per heavy atom. The third kappa shape index (κ3) is 3.60. The van der Waals surface area contributed by atoms with Gasteiger partial charge >= 0.3 is 0 Å². The molecule has 2 N–H and O–H groups in total. The SMILES string of the molecule is CCNC(=O)C1CNCCN1C(=O)CCc1ccco1. The van der Waals surface area contributed by atoms with Crippen LogP contribution in [0.4, 0.5) is 0 Å². The summed E-state index contributed by atoms with van der Waals surface area (Å²) in [6.45, 7) is 4.25. The number of likely N-dealkylation sites (N-methyl/N-ethyl adjacent to an activating group) is 1. The van der Waals surface area contributed by atoms with E-state index in [1.165, 1.54) is 0 Å². The van der Waals surface area contributed by atoms with Gasteiger partial charge in [-0.05, 0) is 19.1 Å². The van der Waals surface area contributed by atoms with Gasteiger partial charge < -0.3 is 20.0 Å². The van der Waals surface area contributed by atoms with Gasteiger partial charge in [0, 0.05) is 39.0 Å². The lowest BCUT2D eigenvalue weighted by molar-refractivity contribution is -0.141. The smallest absolute Gasteiger partial charge is 0.244 e. The first-order valence-electron chi connectivity index (χ1n) is 7.02. The number of nitrogens with one attached hydrogen (secondary N) is 2. The van der Waals surface area contributed by atoms with Gasteiger partial charge in [0.2, 0.25) is 11.8 Å². The highest BCUT2D eigenvalue weighted by Crippen LogP contribution is 2.10. The van der Waals surface area contributed by atoms with E-state index in [0.717, 1.165) is 12.3 Å². The molecule has 1 fully saturated rings. The van der Waals surface area contributed by atoms with Crippen molar-refractivity contribution in [1.82, 2.24) is 15.5 Å². The number of hydrogen-bond donors (Lipinski definition) is 2. The molecule has 110 valence electrons. The number of piperazine rings is 1. The van der Waals surface area contributed by atoms with E-state index in [1.54, 1.807) is 11.2 Å². The minimum Gasteiger partial charge on any atom is -0.469 e. The fraction of sp³-hybridized carbons (Fsp3) is 0.571. The standard InChI is InChI=1S/C14H21N3O3/c1-2-16-14(19)12-10-15-7-8-17(12)13(18)6-5-11-4-3-9-20-11/h3-4,9,12,15H,2,5-8,10H2,1H3,(H,16,19). The molecule has 2 heterocycles. The van der Waals surface area contributed by atoms with Gasteiger partial charge in [0.15, 0.2) is 0 Å². The number of amides is 2. The van der Waals surface area contributed by atoms with Gasteiger partial charge in [-0.15, -0.1) is 0 Å². The second kappa shape index (κ2) is 7.09. The lowest BCUT2D eigenvalue weighted by Gasteiger charge is -2.35. The van der Waals surface area contributed by atoms with Gasteiger partial charge in [-0.25, -0.2) is 0 Å². The molecule has 0 aromatic carbocycles. The molecule has 2 rings (SSSR count). The lowest BCUT2D eigenvalue weighted by atomic mass is 10.1. The number of carbonyl (C=O) groups excluding carboxylic acids is 2. The second-order valence-electron chi connectivity index (χ2n) is 4.78. The maximum Gasteiger partial charge on any atom is 0.244 e. The third-order valence-electron chi connectivity index (χ3n) is 3.38. The maximum atomic E-state index is 12.3. The van der Waals surface area contributed by atoms with Crippen LogP contribution in [-0.4, -0.2) is 48.9 Å². The molecule has 1 unspecified atom stereocenters. The fourth-order valence-corrected chi connectivity index (χ4v) is 2.36. The van der Waals surface area contributed by atoms with Crippen LogP contribution in [0.2, 0.25) is 0 Å². The van der Waals surface area contributed by atoms with Crippen LogP contribution in [0.1, 0.15) is 19.1 Å². The normalized spacial score (nSPS) is 18.9. The predicted octanol–water partition coefficient (Wildman–Crippen LogP) is 0.149. The molecule has 1 aromatic rings. The molecule has 0 radical (unpaired) electrons. The van der Waals surface area contributed by atoms with Crippen molar-refractivity contribution in [3.63, 3.8) is 0 Å². The van der Waals surface area contributed by atoms with Gasteiger partial charge in [0.05, 0.1) is 6.26 Å². The Balaban J connectivity index is 1.92. The average Bonchev–Trinajstić information content (AvgIpc) is 2.98. The molecule has 2 amide bonds.